The fourth-order valence-electron chi connectivity index (χ4n) is 3.28. The van der Waals surface area contributed by atoms with Gasteiger partial charge in [-0.1, -0.05) is 13.0 Å². The average molecular weight is 395 g/mol. The van der Waals surface area contributed by atoms with Gasteiger partial charge in [0.15, 0.2) is 5.13 Å². The zero-order valence-electron chi connectivity index (χ0n) is 15.0. The molecule has 2 aromatic rings. The minimum Gasteiger partial charge on any atom is -0.361 e. The first kappa shape index (κ1) is 19.3. The van der Waals surface area contributed by atoms with Gasteiger partial charge < -0.3 is 5.32 Å². The van der Waals surface area contributed by atoms with E-state index in [0.29, 0.717) is 12.3 Å². The lowest BCUT2D eigenvalue weighted by Gasteiger charge is -2.29. The fourth-order valence-corrected chi connectivity index (χ4v) is 5.40. The third-order valence-corrected chi connectivity index (χ3v) is 7.08. The van der Waals surface area contributed by atoms with E-state index in [2.05, 4.69) is 20.0 Å². The predicted molar refractivity (Wildman–Crippen MR) is 107 cm³/mol. The number of pyridine rings is 1. The van der Waals surface area contributed by atoms with Gasteiger partial charge in [-0.3, -0.25) is 4.98 Å². The number of rotatable bonds is 8. The number of hydrogen-bond donors (Lipinski definition) is 2. The fraction of sp³-hybridized carbons (Fsp3) is 0.556. The maximum Gasteiger partial charge on any atom is 0.211 e. The molecule has 0 aliphatic heterocycles. The van der Waals surface area contributed by atoms with E-state index in [1.807, 2.05) is 30.5 Å². The molecule has 1 aliphatic carbocycles. The zero-order chi connectivity index (χ0) is 18.4. The van der Waals surface area contributed by atoms with Gasteiger partial charge in [0.1, 0.15) is 5.69 Å². The molecule has 0 unspecified atom stereocenters. The summed E-state index contributed by atoms with van der Waals surface area (Å²) in [5, 5.41) is 6.36. The van der Waals surface area contributed by atoms with Gasteiger partial charge in [-0.05, 0) is 50.2 Å². The van der Waals surface area contributed by atoms with Crippen molar-refractivity contribution in [2.75, 3.05) is 17.6 Å². The van der Waals surface area contributed by atoms with Crippen LogP contribution < -0.4 is 10.0 Å². The Labute approximate surface area is 159 Å². The van der Waals surface area contributed by atoms with Crippen LogP contribution in [0, 0.1) is 5.92 Å². The SMILES string of the molecule is CCCS(=O)(=O)NC1CCC(CNc2nc(-c3ccccn3)cs2)CC1. The van der Waals surface area contributed by atoms with Crippen LogP contribution in [0.4, 0.5) is 5.13 Å². The van der Waals surface area contributed by atoms with Crippen LogP contribution >= 0.6 is 11.3 Å². The minimum absolute atomic E-state index is 0.0958. The molecule has 3 rings (SSSR count). The summed E-state index contributed by atoms with van der Waals surface area (Å²) in [5.41, 5.74) is 1.78. The summed E-state index contributed by atoms with van der Waals surface area (Å²) in [7, 11) is -3.11. The molecule has 2 N–H and O–H groups in total. The van der Waals surface area contributed by atoms with Crippen LogP contribution in [-0.4, -0.2) is 36.7 Å². The number of anilines is 1. The minimum atomic E-state index is -3.11. The van der Waals surface area contributed by atoms with Gasteiger partial charge in [-0.2, -0.15) is 0 Å². The topological polar surface area (TPSA) is 84.0 Å². The Hall–Kier alpha value is -1.51. The van der Waals surface area contributed by atoms with Crippen LogP contribution in [0.5, 0.6) is 0 Å². The summed E-state index contributed by atoms with van der Waals surface area (Å²) in [5.74, 6) is 0.779. The maximum absolute atomic E-state index is 11.9. The molecule has 6 nitrogen and oxygen atoms in total. The summed E-state index contributed by atoms with van der Waals surface area (Å²) >= 11 is 1.59. The Morgan fingerprint density at radius 3 is 2.69 bits per heavy atom. The largest absolute Gasteiger partial charge is 0.361 e. The number of thiazole rings is 1. The second-order valence-corrected chi connectivity index (χ2v) is 9.52. The monoisotopic (exact) mass is 394 g/mol. The molecule has 8 heteroatoms. The molecule has 2 heterocycles. The third-order valence-electron chi connectivity index (χ3n) is 4.64. The van der Waals surface area contributed by atoms with Crippen molar-refractivity contribution in [2.45, 2.75) is 45.1 Å². The van der Waals surface area contributed by atoms with Crippen molar-refractivity contribution in [1.82, 2.24) is 14.7 Å². The van der Waals surface area contributed by atoms with Crippen LogP contribution in [0.1, 0.15) is 39.0 Å². The van der Waals surface area contributed by atoms with Crippen molar-refractivity contribution in [1.29, 1.82) is 0 Å². The molecule has 0 saturated heterocycles. The van der Waals surface area contributed by atoms with Crippen molar-refractivity contribution in [3.8, 4) is 11.4 Å². The highest BCUT2D eigenvalue weighted by Gasteiger charge is 2.24. The van der Waals surface area contributed by atoms with Gasteiger partial charge >= 0.3 is 0 Å². The van der Waals surface area contributed by atoms with E-state index in [0.717, 1.165) is 48.7 Å². The van der Waals surface area contributed by atoms with Gasteiger partial charge in [0.25, 0.3) is 0 Å². The molecular weight excluding hydrogens is 368 g/mol. The first-order valence-corrected chi connectivity index (χ1v) is 11.7. The van der Waals surface area contributed by atoms with E-state index in [-0.39, 0.29) is 11.8 Å². The van der Waals surface area contributed by atoms with Crippen molar-refractivity contribution >= 4 is 26.5 Å². The van der Waals surface area contributed by atoms with E-state index >= 15 is 0 Å². The normalized spacial score (nSPS) is 20.8. The first-order chi connectivity index (χ1) is 12.6. The smallest absolute Gasteiger partial charge is 0.211 e. The number of nitrogens with one attached hydrogen (secondary N) is 2. The molecule has 26 heavy (non-hydrogen) atoms. The highest BCUT2D eigenvalue weighted by molar-refractivity contribution is 7.89. The van der Waals surface area contributed by atoms with Crippen molar-refractivity contribution < 1.29 is 8.42 Å². The molecule has 0 aromatic carbocycles. The summed E-state index contributed by atoms with van der Waals surface area (Å²) in [4.78, 5) is 8.93. The lowest BCUT2D eigenvalue weighted by Crippen LogP contribution is -2.39. The zero-order valence-corrected chi connectivity index (χ0v) is 16.7. The van der Waals surface area contributed by atoms with E-state index in [1.165, 1.54) is 0 Å². The quantitative estimate of drug-likeness (QED) is 0.716. The Morgan fingerprint density at radius 2 is 2.00 bits per heavy atom. The highest BCUT2D eigenvalue weighted by Crippen LogP contribution is 2.27. The van der Waals surface area contributed by atoms with Crippen LogP contribution in [-0.2, 0) is 10.0 Å². The van der Waals surface area contributed by atoms with Crippen molar-refractivity contribution in [3.05, 3.63) is 29.8 Å². The summed E-state index contributed by atoms with van der Waals surface area (Å²) in [6.07, 6.45) is 6.31. The molecule has 0 amide bonds. The first-order valence-electron chi connectivity index (χ1n) is 9.16. The van der Waals surface area contributed by atoms with Gasteiger partial charge in [0.05, 0.1) is 11.4 Å². The molecule has 1 fully saturated rings. The van der Waals surface area contributed by atoms with Gasteiger partial charge in [0, 0.05) is 24.2 Å². The maximum atomic E-state index is 11.9. The molecule has 142 valence electrons. The lowest BCUT2D eigenvalue weighted by molar-refractivity contribution is 0.324. The second-order valence-electron chi connectivity index (χ2n) is 6.79. The summed E-state index contributed by atoms with van der Waals surface area (Å²) in [6.45, 7) is 2.77. The van der Waals surface area contributed by atoms with Gasteiger partial charge in [-0.25, -0.2) is 18.1 Å². The predicted octanol–water partition coefficient (Wildman–Crippen LogP) is 3.51. The molecule has 0 atom stereocenters. The van der Waals surface area contributed by atoms with E-state index in [1.54, 1.807) is 17.5 Å². The number of hydrogen-bond acceptors (Lipinski definition) is 6. The molecule has 0 bridgehead atoms. The molecule has 0 radical (unpaired) electrons. The molecular formula is C18H26N4O2S2. The van der Waals surface area contributed by atoms with Crippen molar-refractivity contribution in [2.24, 2.45) is 5.92 Å². The third kappa shape index (κ3) is 5.49. The van der Waals surface area contributed by atoms with Gasteiger partial charge in [-0.15, -0.1) is 11.3 Å². The molecule has 2 aromatic heterocycles. The molecule has 0 spiro atoms. The van der Waals surface area contributed by atoms with E-state index in [4.69, 9.17) is 0 Å². The number of aromatic nitrogens is 2. The summed E-state index contributed by atoms with van der Waals surface area (Å²) in [6, 6.07) is 5.91. The van der Waals surface area contributed by atoms with E-state index < -0.39 is 10.0 Å². The summed E-state index contributed by atoms with van der Waals surface area (Å²) < 4.78 is 26.6. The Kier molecular flexibility index (Phi) is 6.61. The highest BCUT2D eigenvalue weighted by atomic mass is 32.2. The Bertz CT molecular complexity index is 785. The standard InChI is InChI=1S/C18H26N4O2S2/c1-2-11-26(23,24)22-15-8-6-14(7-9-15)12-20-18-21-17(13-25-18)16-5-3-4-10-19-16/h3-5,10,13-15,22H,2,6-9,11-12H2,1H3,(H,20,21). The second kappa shape index (κ2) is 8.92. The van der Waals surface area contributed by atoms with Crippen LogP contribution in [0.2, 0.25) is 0 Å². The number of sulfonamides is 1. The average Bonchev–Trinajstić information content (AvgIpc) is 3.10. The molecule has 1 aliphatic rings. The Balaban J connectivity index is 1.44. The van der Waals surface area contributed by atoms with Crippen LogP contribution in [0.25, 0.3) is 11.4 Å². The Morgan fingerprint density at radius 1 is 1.19 bits per heavy atom. The van der Waals surface area contributed by atoms with E-state index in [9.17, 15) is 8.42 Å². The lowest BCUT2D eigenvalue weighted by atomic mass is 9.86. The van der Waals surface area contributed by atoms with Gasteiger partial charge in [0.2, 0.25) is 10.0 Å². The van der Waals surface area contributed by atoms with Crippen LogP contribution in [0.3, 0.4) is 0 Å². The number of nitrogens with zero attached hydrogens (tertiary/aromatic N) is 2. The van der Waals surface area contributed by atoms with Crippen molar-refractivity contribution in [3.63, 3.8) is 0 Å². The molecule has 1 saturated carbocycles. The van der Waals surface area contributed by atoms with Crippen LogP contribution in [0.15, 0.2) is 29.8 Å².